The van der Waals surface area contributed by atoms with Crippen LogP contribution in [0.2, 0.25) is 0 Å². The summed E-state index contributed by atoms with van der Waals surface area (Å²) in [6.45, 7) is 1.22. The van der Waals surface area contributed by atoms with E-state index >= 15 is 0 Å². The van der Waals surface area contributed by atoms with Gasteiger partial charge in [0.05, 0.1) is 7.11 Å². The molecule has 1 aromatic rings. The second-order valence-corrected chi connectivity index (χ2v) is 6.14. The average Bonchev–Trinajstić information content (AvgIpc) is 2.50. The summed E-state index contributed by atoms with van der Waals surface area (Å²) in [5.41, 5.74) is 4.90. The van der Waals surface area contributed by atoms with Crippen LogP contribution in [0.25, 0.3) is 0 Å². The topological polar surface area (TPSA) is 12.5 Å². The van der Waals surface area contributed by atoms with Crippen LogP contribution in [0.5, 0.6) is 5.75 Å². The van der Waals surface area contributed by atoms with Crippen LogP contribution in [-0.2, 0) is 6.42 Å². The van der Waals surface area contributed by atoms with Gasteiger partial charge in [-0.1, -0.05) is 23.3 Å². The second-order valence-electron chi connectivity index (χ2n) is 6.14. The molecular weight excluding hydrogens is 246 g/mol. The molecule has 0 aromatic heterocycles. The molecule has 0 fully saturated rings. The maximum Gasteiger partial charge on any atom is 0.119 e. The minimum atomic E-state index is 0.603. The van der Waals surface area contributed by atoms with Crippen molar-refractivity contribution in [1.29, 1.82) is 0 Å². The molecule has 1 atom stereocenters. The largest absolute Gasteiger partial charge is 0.497 e. The number of benzene rings is 1. The zero-order valence-electron chi connectivity index (χ0n) is 12.7. The van der Waals surface area contributed by atoms with Crippen molar-refractivity contribution >= 4 is 0 Å². The van der Waals surface area contributed by atoms with E-state index in [-0.39, 0.29) is 0 Å². The minimum Gasteiger partial charge on any atom is -0.497 e. The predicted molar refractivity (Wildman–Crippen MR) is 83.2 cm³/mol. The van der Waals surface area contributed by atoms with Gasteiger partial charge in [-0.2, -0.15) is 0 Å². The smallest absolute Gasteiger partial charge is 0.119 e. The third-order valence-corrected chi connectivity index (χ3v) is 4.89. The highest BCUT2D eigenvalue weighted by Crippen LogP contribution is 2.35. The molecule has 0 N–H and O–H groups in total. The van der Waals surface area contributed by atoms with Crippen LogP contribution < -0.4 is 4.74 Å². The number of methoxy groups -OCH3 is 1. The summed E-state index contributed by atoms with van der Waals surface area (Å²) in [5, 5.41) is 0. The van der Waals surface area contributed by atoms with Gasteiger partial charge < -0.3 is 4.74 Å². The lowest BCUT2D eigenvalue weighted by Crippen LogP contribution is -2.40. The Morgan fingerprint density at radius 1 is 1.20 bits per heavy atom. The number of likely N-dealkylation sites (N-methyl/N-ethyl adjacent to an activating group) is 1. The van der Waals surface area contributed by atoms with Crippen molar-refractivity contribution in [2.75, 3.05) is 20.7 Å². The number of hydrogen-bond donors (Lipinski definition) is 0. The lowest BCUT2D eigenvalue weighted by Gasteiger charge is -2.39. The summed E-state index contributed by atoms with van der Waals surface area (Å²) in [4.78, 5) is 2.55. The molecule has 1 heterocycles. The van der Waals surface area contributed by atoms with Crippen LogP contribution >= 0.6 is 0 Å². The number of hydrogen-bond acceptors (Lipinski definition) is 2. The molecule has 2 nitrogen and oxygen atoms in total. The quantitative estimate of drug-likeness (QED) is 0.775. The van der Waals surface area contributed by atoms with Gasteiger partial charge >= 0.3 is 0 Å². The van der Waals surface area contributed by atoms with Gasteiger partial charge in [0.1, 0.15) is 5.75 Å². The molecule has 0 saturated carbocycles. The molecule has 0 amide bonds. The van der Waals surface area contributed by atoms with E-state index in [9.17, 15) is 0 Å². The standard InChI is InChI=1S/C18H25NO/c1-19-11-10-15-7-3-4-9-17(15)18(19)13-14-6-5-8-16(12-14)20-2/h5-6,8,12,18H,3-4,7,9-11,13H2,1-2H3. The van der Waals surface area contributed by atoms with Crippen molar-refractivity contribution in [3.05, 3.63) is 41.0 Å². The van der Waals surface area contributed by atoms with Gasteiger partial charge in [-0.15, -0.1) is 0 Å². The lowest BCUT2D eigenvalue weighted by molar-refractivity contribution is 0.242. The van der Waals surface area contributed by atoms with Crippen molar-refractivity contribution in [2.45, 2.75) is 44.6 Å². The minimum absolute atomic E-state index is 0.603. The van der Waals surface area contributed by atoms with Gasteiger partial charge in [-0.25, -0.2) is 0 Å². The van der Waals surface area contributed by atoms with Crippen molar-refractivity contribution in [3.63, 3.8) is 0 Å². The predicted octanol–water partition coefficient (Wildman–Crippen LogP) is 3.81. The molecule has 1 aliphatic carbocycles. The van der Waals surface area contributed by atoms with Crippen LogP contribution in [0.1, 0.15) is 37.7 Å². The normalized spacial score (nSPS) is 23.6. The van der Waals surface area contributed by atoms with Gasteiger partial charge in [0, 0.05) is 12.6 Å². The zero-order valence-corrected chi connectivity index (χ0v) is 12.7. The average molecular weight is 271 g/mol. The van der Waals surface area contributed by atoms with Crippen molar-refractivity contribution < 1.29 is 4.74 Å². The Kier molecular flexibility index (Phi) is 4.11. The fraction of sp³-hybridized carbons (Fsp3) is 0.556. The Morgan fingerprint density at radius 2 is 2.05 bits per heavy atom. The van der Waals surface area contributed by atoms with E-state index in [1.54, 1.807) is 18.3 Å². The van der Waals surface area contributed by atoms with Crippen LogP contribution in [0.3, 0.4) is 0 Å². The third kappa shape index (κ3) is 2.76. The summed E-state index contributed by atoms with van der Waals surface area (Å²) in [6, 6.07) is 9.15. The SMILES string of the molecule is COc1cccc(CC2C3=C(CCCC3)CCN2C)c1. The van der Waals surface area contributed by atoms with Crippen molar-refractivity contribution in [3.8, 4) is 5.75 Å². The first-order valence-corrected chi connectivity index (χ1v) is 7.82. The molecule has 20 heavy (non-hydrogen) atoms. The highest BCUT2D eigenvalue weighted by Gasteiger charge is 2.28. The van der Waals surface area contributed by atoms with Gasteiger partial charge in [-0.05, 0) is 63.3 Å². The Bertz CT molecular complexity index is 506. The molecule has 0 spiro atoms. The van der Waals surface area contributed by atoms with Gasteiger partial charge in [0.15, 0.2) is 0 Å². The van der Waals surface area contributed by atoms with E-state index in [4.69, 9.17) is 4.74 Å². The van der Waals surface area contributed by atoms with Crippen molar-refractivity contribution in [2.24, 2.45) is 0 Å². The Morgan fingerprint density at radius 3 is 2.90 bits per heavy atom. The van der Waals surface area contributed by atoms with Gasteiger partial charge in [0.2, 0.25) is 0 Å². The first-order valence-electron chi connectivity index (χ1n) is 7.82. The van der Waals surface area contributed by atoms with Crippen LogP contribution in [-0.4, -0.2) is 31.6 Å². The first kappa shape index (κ1) is 13.7. The molecule has 0 bridgehead atoms. The maximum absolute atomic E-state index is 5.35. The van der Waals surface area contributed by atoms with Crippen LogP contribution in [0.4, 0.5) is 0 Å². The Labute approximate surface area is 122 Å². The van der Waals surface area contributed by atoms with E-state index in [1.807, 2.05) is 6.07 Å². The molecule has 2 aliphatic rings. The third-order valence-electron chi connectivity index (χ3n) is 4.89. The monoisotopic (exact) mass is 271 g/mol. The van der Waals surface area contributed by atoms with E-state index < -0.39 is 0 Å². The van der Waals surface area contributed by atoms with Gasteiger partial charge in [-0.3, -0.25) is 4.90 Å². The molecule has 0 radical (unpaired) electrons. The number of ether oxygens (including phenoxy) is 1. The van der Waals surface area contributed by atoms with Crippen LogP contribution in [0.15, 0.2) is 35.4 Å². The summed E-state index contributed by atoms with van der Waals surface area (Å²) in [7, 11) is 4.02. The highest BCUT2D eigenvalue weighted by molar-refractivity contribution is 5.32. The maximum atomic E-state index is 5.35. The number of rotatable bonds is 3. The first-order chi connectivity index (χ1) is 9.78. The molecular formula is C18H25NO. The molecule has 0 saturated heterocycles. The van der Waals surface area contributed by atoms with Crippen molar-refractivity contribution in [1.82, 2.24) is 4.90 Å². The van der Waals surface area contributed by atoms with E-state index in [0.29, 0.717) is 6.04 Å². The lowest BCUT2D eigenvalue weighted by atomic mass is 9.80. The second kappa shape index (κ2) is 6.01. The zero-order chi connectivity index (χ0) is 13.9. The van der Waals surface area contributed by atoms with Crippen LogP contribution in [0, 0.1) is 0 Å². The summed E-state index contributed by atoms with van der Waals surface area (Å²) >= 11 is 0. The summed E-state index contributed by atoms with van der Waals surface area (Å²) in [6.07, 6.45) is 7.84. The molecule has 3 rings (SSSR count). The fourth-order valence-corrected chi connectivity index (χ4v) is 3.71. The number of nitrogens with zero attached hydrogens (tertiary/aromatic N) is 1. The summed E-state index contributed by atoms with van der Waals surface area (Å²) < 4.78 is 5.35. The molecule has 2 heteroatoms. The molecule has 1 aliphatic heterocycles. The highest BCUT2D eigenvalue weighted by atomic mass is 16.5. The Balaban J connectivity index is 1.83. The Hall–Kier alpha value is -1.28. The van der Waals surface area contributed by atoms with Gasteiger partial charge in [0.25, 0.3) is 0 Å². The molecule has 1 aromatic carbocycles. The van der Waals surface area contributed by atoms with E-state index in [2.05, 4.69) is 30.1 Å². The van der Waals surface area contributed by atoms with E-state index in [0.717, 1.165) is 12.2 Å². The fourth-order valence-electron chi connectivity index (χ4n) is 3.71. The molecule has 1 unspecified atom stereocenters. The summed E-state index contributed by atoms with van der Waals surface area (Å²) in [5.74, 6) is 0.971. The van der Waals surface area contributed by atoms with E-state index in [1.165, 1.54) is 44.2 Å². The molecule has 108 valence electrons.